The summed E-state index contributed by atoms with van der Waals surface area (Å²) in [5, 5.41) is 0.374. The molecule has 2 aromatic carbocycles. The molecule has 0 saturated heterocycles. The summed E-state index contributed by atoms with van der Waals surface area (Å²) in [5.41, 5.74) is 2.38. The van der Waals surface area contributed by atoms with E-state index in [0.717, 1.165) is 11.1 Å². The van der Waals surface area contributed by atoms with Gasteiger partial charge in [0.1, 0.15) is 0 Å². The van der Waals surface area contributed by atoms with Gasteiger partial charge in [-0.05, 0) is 48.7 Å². The van der Waals surface area contributed by atoms with Crippen LogP contribution in [0.5, 0.6) is 0 Å². The van der Waals surface area contributed by atoms with Crippen molar-refractivity contribution in [3.8, 4) is 0 Å². The third kappa shape index (κ3) is 4.81. The van der Waals surface area contributed by atoms with Crippen molar-refractivity contribution in [1.29, 1.82) is 0 Å². The molecule has 0 aromatic heterocycles. The molecule has 1 unspecified atom stereocenters. The monoisotopic (exact) mass is 381 g/mol. The number of aryl methyl sites for hydroxylation is 2. The van der Waals surface area contributed by atoms with Gasteiger partial charge in [0, 0.05) is 5.02 Å². The van der Waals surface area contributed by atoms with Crippen LogP contribution in [0.15, 0.2) is 47.4 Å². The van der Waals surface area contributed by atoms with Gasteiger partial charge in [-0.3, -0.25) is 4.79 Å². The number of hydrogen-bond acceptors (Lipinski definition) is 4. The predicted octanol–water partition coefficient (Wildman–Crippen LogP) is 3.54. The zero-order valence-corrected chi connectivity index (χ0v) is 15.8. The molecule has 25 heavy (non-hydrogen) atoms. The number of ether oxygens (including phenoxy) is 1. The average molecular weight is 382 g/mol. The first kappa shape index (κ1) is 19.4. The first-order valence-corrected chi connectivity index (χ1v) is 9.51. The fourth-order valence-corrected chi connectivity index (χ4v) is 3.93. The Morgan fingerprint density at radius 1 is 1.16 bits per heavy atom. The summed E-state index contributed by atoms with van der Waals surface area (Å²) in [5.74, 6) is -0.535. The second-order valence-corrected chi connectivity index (χ2v) is 7.84. The lowest BCUT2D eigenvalue weighted by Crippen LogP contribution is -2.31. The number of methoxy groups -OCH3 is 1. The maximum atomic E-state index is 12.8. The van der Waals surface area contributed by atoms with Gasteiger partial charge in [-0.15, -0.1) is 0 Å². The minimum atomic E-state index is -3.83. The molecule has 1 atom stereocenters. The summed E-state index contributed by atoms with van der Waals surface area (Å²) in [6.07, 6.45) is -0.162. The normalized spacial score (nSPS) is 12.6. The molecule has 2 rings (SSSR count). The maximum absolute atomic E-state index is 12.8. The Morgan fingerprint density at radius 3 is 2.44 bits per heavy atom. The Bertz CT molecular complexity index is 880. The highest BCUT2D eigenvalue weighted by Crippen LogP contribution is 2.27. The first-order chi connectivity index (χ1) is 11.7. The summed E-state index contributed by atoms with van der Waals surface area (Å²) >= 11 is 6.18. The Hall–Kier alpha value is -1.89. The first-order valence-electron chi connectivity index (χ1n) is 7.65. The van der Waals surface area contributed by atoms with E-state index < -0.39 is 22.0 Å². The Labute approximate surface area is 153 Å². The molecular weight excluding hydrogens is 362 g/mol. The van der Waals surface area contributed by atoms with Crippen LogP contribution in [0.3, 0.4) is 0 Å². The fourth-order valence-electron chi connectivity index (χ4n) is 2.36. The number of halogens is 1. The number of hydrogen-bond donors (Lipinski definition) is 1. The van der Waals surface area contributed by atoms with Gasteiger partial charge in [0.05, 0.1) is 24.5 Å². The number of carbonyl (C=O) groups excluding carboxylic acids is 1. The Morgan fingerprint density at radius 2 is 1.84 bits per heavy atom. The predicted molar refractivity (Wildman–Crippen MR) is 97.1 cm³/mol. The van der Waals surface area contributed by atoms with Crippen LogP contribution in [0.4, 0.5) is 0 Å². The second kappa shape index (κ2) is 7.99. The molecule has 5 nitrogen and oxygen atoms in total. The quantitative estimate of drug-likeness (QED) is 0.777. The van der Waals surface area contributed by atoms with E-state index in [9.17, 15) is 13.2 Å². The van der Waals surface area contributed by atoms with Crippen molar-refractivity contribution in [3.05, 3.63) is 64.2 Å². The summed E-state index contributed by atoms with van der Waals surface area (Å²) in [4.78, 5) is 11.9. The number of benzene rings is 2. The van der Waals surface area contributed by atoms with E-state index in [1.54, 1.807) is 36.4 Å². The largest absolute Gasteiger partial charge is 0.469 e. The van der Waals surface area contributed by atoms with Crippen LogP contribution >= 0.6 is 11.6 Å². The van der Waals surface area contributed by atoms with Gasteiger partial charge in [-0.25, -0.2) is 13.1 Å². The van der Waals surface area contributed by atoms with E-state index in [1.165, 1.54) is 13.2 Å². The molecule has 0 radical (unpaired) electrons. The lowest BCUT2D eigenvalue weighted by atomic mass is 10.1. The molecule has 0 aliphatic carbocycles. The summed E-state index contributed by atoms with van der Waals surface area (Å²) in [6, 6.07) is 10.8. The van der Waals surface area contributed by atoms with E-state index in [0.29, 0.717) is 10.6 Å². The molecule has 0 aliphatic rings. The van der Waals surface area contributed by atoms with Gasteiger partial charge in [0.25, 0.3) is 0 Å². The fraction of sp³-hybridized carbons (Fsp3) is 0.278. The highest BCUT2D eigenvalue weighted by Gasteiger charge is 2.25. The molecule has 0 spiro atoms. The summed E-state index contributed by atoms with van der Waals surface area (Å²) in [7, 11) is -2.58. The molecule has 0 heterocycles. The zero-order valence-electron chi connectivity index (χ0n) is 14.2. The molecule has 0 aliphatic heterocycles. The van der Waals surface area contributed by atoms with Crippen molar-refractivity contribution >= 4 is 27.6 Å². The molecule has 0 fully saturated rings. The smallest absolute Gasteiger partial charge is 0.307 e. The second-order valence-electron chi connectivity index (χ2n) is 5.72. The van der Waals surface area contributed by atoms with Crippen molar-refractivity contribution < 1.29 is 17.9 Å². The Balaban J connectivity index is 2.39. The van der Waals surface area contributed by atoms with Gasteiger partial charge in [-0.2, -0.15) is 0 Å². The van der Waals surface area contributed by atoms with Crippen LogP contribution < -0.4 is 4.72 Å². The molecule has 0 amide bonds. The van der Waals surface area contributed by atoms with E-state index in [2.05, 4.69) is 9.46 Å². The van der Waals surface area contributed by atoms with Crippen molar-refractivity contribution in [2.75, 3.05) is 7.11 Å². The number of sulfonamides is 1. The van der Waals surface area contributed by atoms with Crippen LogP contribution in [0.25, 0.3) is 0 Å². The van der Waals surface area contributed by atoms with Crippen LogP contribution in [0, 0.1) is 13.8 Å². The molecule has 1 N–H and O–H groups in total. The topological polar surface area (TPSA) is 72.5 Å². The third-order valence-corrected chi connectivity index (χ3v) is 5.78. The third-order valence-electron chi connectivity index (χ3n) is 3.97. The molecule has 7 heteroatoms. The van der Waals surface area contributed by atoms with E-state index in [1.807, 2.05) is 13.8 Å². The highest BCUT2D eigenvalue weighted by atomic mass is 35.5. The average Bonchev–Trinajstić information content (AvgIpc) is 2.56. The number of esters is 1. The maximum Gasteiger partial charge on any atom is 0.307 e. The van der Waals surface area contributed by atoms with E-state index in [-0.39, 0.29) is 11.3 Å². The van der Waals surface area contributed by atoms with E-state index in [4.69, 9.17) is 11.6 Å². The molecule has 0 bridgehead atoms. The van der Waals surface area contributed by atoms with Gasteiger partial charge < -0.3 is 4.74 Å². The number of rotatable bonds is 6. The van der Waals surface area contributed by atoms with Crippen molar-refractivity contribution in [2.24, 2.45) is 0 Å². The van der Waals surface area contributed by atoms with Crippen LogP contribution in [-0.4, -0.2) is 21.5 Å². The lowest BCUT2D eigenvalue weighted by Gasteiger charge is -2.19. The van der Waals surface area contributed by atoms with Gasteiger partial charge in [-0.1, -0.05) is 35.9 Å². The van der Waals surface area contributed by atoms with E-state index >= 15 is 0 Å². The Kier molecular flexibility index (Phi) is 6.21. The number of carbonyl (C=O) groups is 1. The summed E-state index contributed by atoms with van der Waals surface area (Å²) in [6.45, 7) is 3.75. The van der Waals surface area contributed by atoms with Crippen LogP contribution in [0.2, 0.25) is 5.02 Å². The molecule has 134 valence electrons. The highest BCUT2D eigenvalue weighted by molar-refractivity contribution is 7.89. The minimum Gasteiger partial charge on any atom is -0.469 e. The van der Waals surface area contributed by atoms with Crippen molar-refractivity contribution in [2.45, 2.75) is 31.2 Å². The SMILES string of the molecule is COC(=O)CC(NS(=O)(=O)c1ccc(C)c(C)c1)c1ccccc1Cl. The zero-order chi connectivity index (χ0) is 18.6. The van der Waals surface area contributed by atoms with Gasteiger partial charge in [0.15, 0.2) is 0 Å². The van der Waals surface area contributed by atoms with Crippen molar-refractivity contribution in [1.82, 2.24) is 4.72 Å². The van der Waals surface area contributed by atoms with Gasteiger partial charge in [0.2, 0.25) is 10.0 Å². The van der Waals surface area contributed by atoms with Crippen LogP contribution in [-0.2, 0) is 19.6 Å². The molecular formula is C18H20ClNO4S. The van der Waals surface area contributed by atoms with Crippen LogP contribution in [0.1, 0.15) is 29.2 Å². The van der Waals surface area contributed by atoms with Gasteiger partial charge >= 0.3 is 5.97 Å². The van der Waals surface area contributed by atoms with Crippen molar-refractivity contribution in [3.63, 3.8) is 0 Å². The molecule has 2 aromatic rings. The lowest BCUT2D eigenvalue weighted by molar-refractivity contribution is -0.141. The summed E-state index contributed by atoms with van der Waals surface area (Å²) < 4.78 is 32.8. The standard InChI is InChI=1S/C18H20ClNO4S/c1-12-8-9-14(10-13(12)2)25(22,23)20-17(11-18(21)24-3)15-6-4-5-7-16(15)19/h4-10,17,20H,11H2,1-3H3. The number of nitrogens with one attached hydrogen (secondary N) is 1. The minimum absolute atomic E-state index is 0.137. The molecule has 0 saturated carbocycles.